The van der Waals surface area contributed by atoms with Gasteiger partial charge in [0, 0.05) is 35.0 Å². The summed E-state index contributed by atoms with van der Waals surface area (Å²) in [6, 6.07) is 1.43. The fraction of sp³-hybridized carbons (Fsp3) is 0.400. The topological polar surface area (TPSA) is 79.3 Å². The molecule has 0 aliphatic rings. The highest BCUT2D eigenvalue weighted by Gasteiger charge is 2.12. The summed E-state index contributed by atoms with van der Waals surface area (Å²) in [6.45, 7) is 2.09. The lowest BCUT2D eigenvalue weighted by molar-refractivity contribution is 0.0951. The molecule has 88 valence electrons. The molecule has 0 saturated carbocycles. The van der Waals surface area contributed by atoms with E-state index in [-0.39, 0.29) is 16.6 Å². The van der Waals surface area contributed by atoms with Gasteiger partial charge in [-0.05, 0) is 13.0 Å². The van der Waals surface area contributed by atoms with Gasteiger partial charge in [0.2, 0.25) is 0 Å². The first-order chi connectivity index (χ1) is 7.52. The maximum atomic E-state index is 11.6. The van der Waals surface area contributed by atoms with Gasteiger partial charge in [0.25, 0.3) is 5.91 Å². The van der Waals surface area contributed by atoms with Gasteiger partial charge in [-0.1, -0.05) is 0 Å². The molecule has 2 unspecified atom stereocenters. The summed E-state index contributed by atoms with van der Waals surface area (Å²) in [6.07, 6.45) is 4.22. The molecule has 0 aromatic carbocycles. The Labute approximate surface area is 96.4 Å². The molecule has 1 rings (SSSR count). The fourth-order valence-electron chi connectivity index (χ4n) is 1.03. The van der Waals surface area contributed by atoms with E-state index in [4.69, 9.17) is 0 Å². The molecule has 6 heteroatoms. The smallest absolute Gasteiger partial charge is 0.255 e. The molecule has 0 aliphatic heterocycles. The molecular weight excluding hydrogens is 228 g/mol. The van der Waals surface area contributed by atoms with Gasteiger partial charge in [0.15, 0.2) is 0 Å². The Morgan fingerprint density at radius 3 is 2.94 bits per heavy atom. The Balaban J connectivity index is 2.60. The van der Waals surface area contributed by atoms with E-state index in [0.717, 1.165) is 0 Å². The lowest BCUT2D eigenvalue weighted by atomic mass is 10.2. The summed E-state index contributed by atoms with van der Waals surface area (Å²) in [5.74, 6) is -0.553. The number of aromatic hydroxyl groups is 1. The minimum Gasteiger partial charge on any atom is -0.505 e. The Kier molecular flexibility index (Phi) is 4.42. The van der Waals surface area contributed by atoms with Gasteiger partial charge < -0.3 is 10.4 Å². The number of carbonyl (C=O) groups is 1. The highest BCUT2D eigenvalue weighted by Crippen LogP contribution is 2.13. The first-order valence-corrected chi connectivity index (χ1v) is 6.38. The number of carbonyl (C=O) groups excluding carboxylic acids is 1. The van der Waals surface area contributed by atoms with E-state index >= 15 is 0 Å². The predicted octanol–water partition coefficient (Wildman–Crippen LogP) is 0.284. The van der Waals surface area contributed by atoms with E-state index in [0.29, 0.717) is 6.54 Å². The fourth-order valence-corrected chi connectivity index (χ4v) is 1.35. The third kappa shape index (κ3) is 3.30. The van der Waals surface area contributed by atoms with Crippen LogP contribution in [0.2, 0.25) is 0 Å². The zero-order valence-electron chi connectivity index (χ0n) is 9.14. The van der Waals surface area contributed by atoms with Crippen molar-refractivity contribution in [1.29, 1.82) is 0 Å². The van der Waals surface area contributed by atoms with Crippen molar-refractivity contribution in [1.82, 2.24) is 10.3 Å². The van der Waals surface area contributed by atoms with Crippen molar-refractivity contribution in [3.8, 4) is 5.75 Å². The summed E-state index contributed by atoms with van der Waals surface area (Å²) in [5, 5.41) is 11.9. The van der Waals surface area contributed by atoms with Gasteiger partial charge in [-0.2, -0.15) is 0 Å². The van der Waals surface area contributed by atoms with E-state index in [1.807, 2.05) is 0 Å². The van der Waals surface area contributed by atoms with Crippen molar-refractivity contribution in [2.45, 2.75) is 12.2 Å². The second-order valence-electron chi connectivity index (χ2n) is 3.41. The number of rotatable bonds is 4. The molecule has 5 nitrogen and oxygen atoms in total. The second kappa shape index (κ2) is 5.60. The monoisotopic (exact) mass is 242 g/mol. The van der Waals surface area contributed by atoms with Crippen molar-refractivity contribution in [3.05, 3.63) is 24.0 Å². The first kappa shape index (κ1) is 12.6. The number of hydrogen-bond donors (Lipinski definition) is 2. The standard InChI is InChI=1S/C10H14N2O3S/c1-7(16(2)15)5-12-10(14)8-3-4-11-6-9(8)13/h3-4,6-7,13H,5H2,1-2H3,(H,12,14). The quantitative estimate of drug-likeness (QED) is 0.795. The molecule has 16 heavy (non-hydrogen) atoms. The van der Waals surface area contributed by atoms with Crippen LogP contribution in [-0.2, 0) is 10.8 Å². The molecule has 0 bridgehead atoms. The third-order valence-electron chi connectivity index (χ3n) is 2.16. The van der Waals surface area contributed by atoms with Crippen LogP contribution >= 0.6 is 0 Å². The summed E-state index contributed by atoms with van der Waals surface area (Å²) >= 11 is 0. The Hall–Kier alpha value is -1.43. The average Bonchev–Trinajstić information content (AvgIpc) is 2.25. The molecule has 0 aliphatic carbocycles. The zero-order chi connectivity index (χ0) is 12.1. The van der Waals surface area contributed by atoms with Gasteiger partial charge in [-0.15, -0.1) is 0 Å². The van der Waals surface area contributed by atoms with Gasteiger partial charge in [-0.25, -0.2) is 0 Å². The molecule has 1 amide bonds. The predicted molar refractivity (Wildman–Crippen MR) is 61.8 cm³/mol. The number of pyridine rings is 1. The Morgan fingerprint density at radius 2 is 2.38 bits per heavy atom. The molecule has 0 spiro atoms. The van der Waals surface area contributed by atoms with E-state index in [2.05, 4.69) is 10.3 Å². The van der Waals surface area contributed by atoms with E-state index in [9.17, 15) is 14.1 Å². The molecule has 0 radical (unpaired) electrons. The minimum atomic E-state index is -0.978. The summed E-state index contributed by atoms with van der Waals surface area (Å²) in [5.41, 5.74) is 0.170. The maximum Gasteiger partial charge on any atom is 0.255 e. The first-order valence-electron chi connectivity index (χ1n) is 4.75. The molecule has 2 N–H and O–H groups in total. The van der Waals surface area contributed by atoms with Crippen molar-refractivity contribution < 1.29 is 14.1 Å². The van der Waals surface area contributed by atoms with Crippen LogP contribution in [0.25, 0.3) is 0 Å². The summed E-state index contributed by atoms with van der Waals surface area (Å²) in [4.78, 5) is 15.3. The third-order valence-corrected chi connectivity index (χ3v) is 3.46. The van der Waals surface area contributed by atoms with Crippen molar-refractivity contribution in [3.63, 3.8) is 0 Å². The summed E-state index contributed by atoms with van der Waals surface area (Å²) in [7, 11) is -0.978. The minimum absolute atomic E-state index is 0.118. The lowest BCUT2D eigenvalue weighted by Crippen LogP contribution is -2.32. The largest absolute Gasteiger partial charge is 0.505 e. The molecular formula is C10H14N2O3S. The van der Waals surface area contributed by atoms with Crippen molar-refractivity contribution in [2.75, 3.05) is 12.8 Å². The Bertz CT molecular complexity index is 409. The van der Waals surface area contributed by atoms with Crippen molar-refractivity contribution in [2.24, 2.45) is 0 Å². The van der Waals surface area contributed by atoms with Gasteiger partial charge >= 0.3 is 0 Å². The van der Waals surface area contributed by atoms with Gasteiger partial charge in [0.1, 0.15) is 5.75 Å². The number of nitrogens with one attached hydrogen (secondary N) is 1. The number of nitrogens with zero attached hydrogens (tertiary/aromatic N) is 1. The lowest BCUT2D eigenvalue weighted by Gasteiger charge is -2.10. The van der Waals surface area contributed by atoms with E-state index < -0.39 is 16.7 Å². The molecule has 1 aromatic heterocycles. The van der Waals surface area contributed by atoms with Gasteiger partial charge in [-0.3, -0.25) is 14.0 Å². The van der Waals surface area contributed by atoms with Gasteiger partial charge in [0.05, 0.1) is 11.8 Å². The molecule has 0 fully saturated rings. The Morgan fingerprint density at radius 1 is 1.69 bits per heavy atom. The normalized spacial score (nSPS) is 14.1. The average molecular weight is 242 g/mol. The maximum absolute atomic E-state index is 11.6. The van der Waals surface area contributed by atoms with Crippen LogP contribution in [0.1, 0.15) is 17.3 Å². The zero-order valence-corrected chi connectivity index (χ0v) is 9.95. The molecule has 2 atom stereocenters. The van der Waals surface area contributed by atoms with E-state index in [1.54, 1.807) is 13.2 Å². The van der Waals surface area contributed by atoms with Crippen molar-refractivity contribution >= 4 is 16.7 Å². The van der Waals surface area contributed by atoms with Crippen LogP contribution in [0.3, 0.4) is 0 Å². The van der Waals surface area contributed by atoms with Crippen LogP contribution in [0.5, 0.6) is 5.75 Å². The summed E-state index contributed by atoms with van der Waals surface area (Å²) < 4.78 is 11.1. The van der Waals surface area contributed by atoms with Crippen LogP contribution in [0.15, 0.2) is 18.5 Å². The number of hydrogen-bond acceptors (Lipinski definition) is 4. The molecule has 1 aromatic rings. The van der Waals surface area contributed by atoms with Crippen LogP contribution in [-0.4, -0.2) is 38.3 Å². The van der Waals surface area contributed by atoms with Crippen LogP contribution < -0.4 is 5.32 Å². The SMILES string of the molecule is CC(CNC(=O)c1ccncc1O)S(C)=O. The van der Waals surface area contributed by atoms with Crippen LogP contribution in [0.4, 0.5) is 0 Å². The number of amides is 1. The molecule has 1 heterocycles. The van der Waals surface area contributed by atoms with E-state index in [1.165, 1.54) is 18.5 Å². The number of aromatic nitrogens is 1. The van der Waals surface area contributed by atoms with Crippen LogP contribution in [0, 0.1) is 0 Å². The molecule has 0 saturated heterocycles. The highest BCUT2D eigenvalue weighted by molar-refractivity contribution is 7.84. The second-order valence-corrected chi connectivity index (χ2v) is 5.21. The highest BCUT2D eigenvalue weighted by atomic mass is 32.2.